The molecule has 14 heavy (non-hydrogen) atoms. The summed E-state index contributed by atoms with van der Waals surface area (Å²) in [5.74, 6) is 0.592. The SMILES string of the molecule is CCCNCC(C)c1ccc(Br)cc1. The second-order valence-electron chi connectivity index (χ2n) is 3.66. The molecule has 1 N–H and O–H groups in total. The van der Waals surface area contributed by atoms with Crippen molar-refractivity contribution in [3.05, 3.63) is 34.3 Å². The fraction of sp³-hybridized carbons (Fsp3) is 0.500. The van der Waals surface area contributed by atoms with Crippen LogP contribution in [0.4, 0.5) is 0 Å². The zero-order valence-electron chi connectivity index (χ0n) is 8.89. The molecule has 0 aromatic heterocycles. The van der Waals surface area contributed by atoms with Crippen LogP contribution in [0.3, 0.4) is 0 Å². The third-order valence-electron chi connectivity index (χ3n) is 2.32. The van der Waals surface area contributed by atoms with Gasteiger partial charge in [-0.25, -0.2) is 0 Å². The summed E-state index contributed by atoms with van der Waals surface area (Å²) in [5, 5.41) is 3.44. The van der Waals surface area contributed by atoms with Crippen LogP contribution in [0.2, 0.25) is 0 Å². The van der Waals surface area contributed by atoms with Gasteiger partial charge in [-0.2, -0.15) is 0 Å². The Labute approximate surface area is 95.0 Å². The number of hydrogen-bond acceptors (Lipinski definition) is 1. The molecule has 0 spiro atoms. The lowest BCUT2D eigenvalue weighted by Gasteiger charge is -2.12. The summed E-state index contributed by atoms with van der Waals surface area (Å²) < 4.78 is 1.15. The second kappa shape index (κ2) is 6.20. The van der Waals surface area contributed by atoms with Crippen molar-refractivity contribution in [2.24, 2.45) is 0 Å². The normalized spacial score (nSPS) is 12.8. The highest BCUT2D eigenvalue weighted by molar-refractivity contribution is 9.10. The average Bonchev–Trinajstić information content (AvgIpc) is 2.19. The van der Waals surface area contributed by atoms with Gasteiger partial charge in [0.15, 0.2) is 0 Å². The van der Waals surface area contributed by atoms with E-state index in [1.165, 1.54) is 12.0 Å². The minimum Gasteiger partial charge on any atom is -0.316 e. The first-order chi connectivity index (χ1) is 6.74. The van der Waals surface area contributed by atoms with Crippen LogP contribution in [0.15, 0.2) is 28.7 Å². The molecule has 0 aliphatic carbocycles. The van der Waals surface area contributed by atoms with Crippen LogP contribution in [0.5, 0.6) is 0 Å². The maximum absolute atomic E-state index is 3.44. The lowest BCUT2D eigenvalue weighted by Crippen LogP contribution is -2.20. The zero-order valence-corrected chi connectivity index (χ0v) is 10.5. The standard InChI is InChI=1S/C12H18BrN/c1-3-8-14-9-10(2)11-4-6-12(13)7-5-11/h4-7,10,14H,3,8-9H2,1-2H3. The van der Waals surface area contributed by atoms with Crippen molar-refractivity contribution in [1.29, 1.82) is 0 Å². The lowest BCUT2D eigenvalue weighted by molar-refractivity contribution is 0.609. The molecule has 2 heteroatoms. The largest absolute Gasteiger partial charge is 0.316 e. The molecule has 1 unspecified atom stereocenters. The van der Waals surface area contributed by atoms with E-state index in [4.69, 9.17) is 0 Å². The Morgan fingerprint density at radius 3 is 2.50 bits per heavy atom. The summed E-state index contributed by atoms with van der Waals surface area (Å²) in [6.45, 7) is 6.62. The van der Waals surface area contributed by atoms with E-state index in [0.717, 1.165) is 17.6 Å². The molecular formula is C12H18BrN. The Kier molecular flexibility index (Phi) is 5.20. The third-order valence-corrected chi connectivity index (χ3v) is 2.85. The van der Waals surface area contributed by atoms with Crippen molar-refractivity contribution in [2.45, 2.75) is 26.2 Å². The van der Waals surface area contributed by atoms with Gasteiger partial charge < -0.3 is 5.32 Å². The maximum Gasteiger partial charge on any atom is 0.0175 e. The van der Waals surface area contributed by atoms with Gasteiger partial charge in [-0.05, 0) is 36.6 Å². The van der Waals surface area contributed by atoms with Crippen molar-refractivity contribution in [1.82, 2.24) is 5.32 Å². The van der Waals surface area contributed by atoms with Crippen LogP contribution in [0.1, 0.15) is 31.7 Å². The van der Waals surface area contributed by atoms with Gasteiger partial charge >= 0.3 is 0 Å². The molecule has 0 aliphatic heterocycles. The highest BCUT2D eigenvalue weighted by Crippen LogP contribution is 2.17. The van der Waals surface area contributed by atoms with Crippen LogP contribution in [0, 0.1) is 0 Å². The molecule has 0 amide bonds. The van der Waals surface area contributed by atoms with Gasteiger partial charge in [0, 0.05) is 11.0 Å². The van der Waals surface area contributed by atoms with Gasteiger partial charge in [0.1, 0.15) is 0 Å². The fourth-order valence-corrected chi connectivity index (χ4v) is 1.67. The van der Waals surface area contributed by atoms with Crippen LogP contribution in [-0.2, 0) is 0 Å². The molecule has 0 fully saturated rings. The van der Waals surface area contributed by atoms with Crippen LogP contribution >= 0.6 is 15.9 Å². The van der Waals surface area contributed by atoms with Crippen LogP contribution in [0.25, 0.3) is 0 Å². The molecule has 0 aliphatic rings. The van der Waals surface area contributed by atoms with E-state index in [-0.39, 0.29) is 0 Å². The Hall–Kier alpha value is -0.340. The molecule has 0 saturated heterocycles. The first kappa shape index (κ1) is 11.7. The fourth-order valence-electron chi connectivity index (χ4n) is 1.40. The Morgan fingerprint density at radius 2 is 1.93 bits per heavy atom. The minimum atomic E-state index is 0.592. The minimum absolute atomic E-state index is 0.592. The van der Waals surface area contributed by atoms with Crippen LogP contribution < -0.4 is 5.32 Å². The second-order valence-corrected chi connectivity index (χ2v) is 4.57. The zero-order chi connectivity index (χ0) is 10.4. The third kappa shape index (κ3) is 3.81. The number of hydrogen-bond donors (Lipinski definition) is 1. The summed E-state index contributed by atoms with van der Waals surface area (Å²) in [5.41, 5.74) is 1.40. The van der Waals surface area contributed by atoms with E-state index < -0.39 is 0 Å². The number of benzene rings is 1. The molecule has 1 aromatic carbocycles. The lowest BCUT2D eigenvalue weighted by atomic mass is 10.0. The van der Waals surface area contributed by atoms with E-state index in [2.05, 4.69) is 59.4 Å². The van der Waals surface area contributed by atoms with Crippen molar-refractivity contribution < 1.29 is 0 Å². The molecule has 1 atom stereocenters. The van der Waals surface area contributed by atoms with E-state index in [0.29, 0.717) is 5.92 Å². The van der Waals surface area contributed by atoms with Gasteiger partial charge in [-0.1, -0.05) is 41.9 Å². The number of nitrogens with one attached hydrogen (secondary N) is 1. The quantitative estimate of drug-likeness (QED) is 0.794. The summed E-state index contributed by atoms with van der Waals surface area (Å²) in [4.78, 5) is 0. The monoisotopic (exact) mass is 255 g/mol. The first-order valence-corrected chi connectivity index (χ1v) is 5.99. The van der Waals surface area contributed by atoms with Crippen LogP contribution in [-0.4, -0.2) is 13.1 Å². The van der Waals surface area contributed by atoms with E-state index >= 15 is 0 Å². The van der Waals surface area contributed by atoms with E-state index in [1.54, 1.807) is 0 Å². The van der Waals surface area contributed by atoms with E-state index in [1.807, 2.05) is 0 Å². The van der Waals surface area contributed by atoms with Gasteiger partial charge in [-0.3, -0.25) is 0 Å². The predicted molar refractivity (Wildman–Crippen MR) is 65.7 cm³/mol. The molecule has 0 bridgehead atoms. The Balaban J connectivity index is 2.43. The summed E-state index contributed by atoms with van der Waals surface area (Å²) in [6.07, 6.45) is 1.20. The number of rotatable bonds is 5. The summed E-state index contributed by atoms with van der Waals surface area (Å²) in [6, 6.07) is 8.57. The van der Waals surface area contributed by atoms with Crippen molar-refractivity contribution in [3.63, 3.8) is 0 Å². The first-order valence-electron chi connectivity index (χ1n) is 5.20. The number of halogens is 1. The van der Waals surface area contributed by atoms with Crippen molar-refractivity contribution in [3.8, 4) is 0 Å². The highest BCUT2D eigenvalue weighted by atomic mass is 79.9. The molecule has 1 rings (SSSR count). The molecule has 0 saturated carbocycles. The summed E-state index contributed by atoms with van der Waals surface area (Å²) in [7, 11) is 0. The molecule has 0 radical (unpaired) electrons. The predicted octanol–water partition coefficient (Wildman–Crippen LogP) is 3.55. The summed E-state index contributed by atoms with van der Waals surface area (Å²) >= 11 is 3.44. The molecule has 1 nitrogen and oxygen atoms in total. The van der Waals surface area contributed by atoms with Crippen molar-refractivity contribution >= 4 is 15.9 Å². The molecular weight excluding hydrogens is 238 g/mol. The van der Waals surface area contributed by atoms with Gasteiger partial charge in [0.2, 0.25) is 0 Å². The van der Waals surface area contributed by atoms with E-state index in [9.17, 15) is 0 Å². The topological polar surface area (TPSA) is 12.0 Å². The highest BCUT2D eigenvalue weighted by Gasteiger charge is 2.03. The molecule has 1 aromatic rings. The molecule has 78 valence electrons. The smallest absolute Gasteiger partial charge is 0.0175 e. The van der Waals surface area contributed by atoms with Gasteiger partial charge in [-0.15, -0.1) is 0 Å². The Bertz CT molecular complexity index is 256. The average molecular weight is 256 g/mol. The van der Waals surface area contributed by atoms with Gasteiger partial charge in [0.25, 0.3) is 0 Å². The Morgan fingerprint density at radius 1 is 1.29 bits per heavy atom. The molecule has 0 heterocycles. The maximum atomic E-state index is 3.44. The van der Waals surface area contributed by atoms with Gasteiger partial charge in [0.05, 0.1) is 0 Å². The van der Waals surface area contributed by atoms with Crippen molar-refractivity contribution in [2.75, 3.05) is 13.1 Å².